The standard InChI is InChI=1S/C22H31ClN4OS/c1-2-3-4-8-15-27-21(17-11-13-18(23)14-12-17)25-26-22(27)29-16-20(28)24-19-9-6-5-7-10-19/h11-14,19H,2-10,15-16H2,1H3,(H,24,28). The molecule has 158 valence electrons. The van der Waals surface area contributed by atoms with Gasteiger partial charge in [-0.1, -0.05) is 68.8 Å². The first-order chi connectivity index (χ1) is 14.2. The van der Waals surface area contributed by atoms with Crippen molar-refractivity contribution < 1.29 is 4.79 Å². The van der Waals surface area contributed by atoms with Crippen molar-refractivity contribution in [1.29, 1.82) is 0 Å². The van der Waals surface area contributed by atoms with E-state index in [1.54, 1.807) is 0 Å². The molecule has 1 aromatic heterocycles. The maximum Gasteiger partial charge on any atom is 0.230 e. The van der Waals surface area contributed by atoms with Crippen LogP contribution >= 0.6 is 23.4 Å². The molecule has 1 fully saturated rings. The summed E-state index contributed by atoms with van der Waals surface area (Å²) in [6.45, 7) is 3.07. The van der Waals surface area contributed by atoms with E-state index in [1.165, 1.54) is 50.3 Å². The third kappa shape index (κ3) is 6.75. The van der Waals surface area contributed by atoms with Crippen LogP contribution in [0.2, 0.25) is 5.02 Å². The Morgan fingerprint density at radius 2 is 1.90 bits per heavy atom. The van der Waals surface area contributed by atoms with Crippen LogP contribution in [0.4, 0.5) is 0 Å². The minimum Gasteiger partial charge on any atom is -0.353 e. The molecule has 5 nitrogen and oxygen atoms in total. The van der Waals surface area contributed by atoms with Crippen molar-refractivity contribution in [2.24, 2.45) is 0 Å². The van der Waals surface area contributed by atoms with Gasteiger partial charge in [-0.25, -0.2) is 0 Å². The highest BCUT2D eigenvalue weighted by molar-refractivity contribution is 7.99. The monoisotopic (exact) mass is 434 g/mol. The van der Waals surface area contributed by atoms with Gasteiger partial charge in [0.05, 0.1) is 5.75 Å². The Labute approximate surface area is 183 Å². The number of nitrogens with one attached hydrogen (secondary N) is 1. The number of rotatable bonds is 10. The van der Waals surface area contributed by atoms with Crippen LogP contribution in [-0.4, -0.2) is 32.5 Å². The van der Waals surface area contributed by atoms with Gasteiger partial charge in [-0.05, 0) is 43.5 Å². The fourth-order valence-corrected chi connectivity index (χ4v) is 4.65. The molecule has 1 saturated carbocycles. The molecule has 0 spiro atoms. The molecule has 3 rings (SSSR count). The van der Waals surface area contributed by atoms with Crippen molar-refractivity contribution in [3.63, 3.8) is 0 Å². The van der Waals surface area contributed by atoms with E-state index in [1.807, 2.05) is 24.3 Å². The highest BCUT2D eigenvalue weighted by Crippen LogP contribution is 2.26. The molecule has 7 heteroatoms. The molecule has 1 N–H and O–H groups in total. The molecule has 1 aromatic carbocycles. The molecule has 0 radical (unpaired) electrons. The van der Waals surface area contributed by atoms with Gasteiger partial charge in [-0.15, -0.1) is 10.2 Å². The van der Waals surface area contributed by atoms with Gasteiger partial charge in [-0.3, -0.25) is 4.79 Å². The third-order valence-electron chi connectivity index (χ3n) is 5.36. The Morgan fingerprint density at radius 3 is 2.62 bits per heavy atom. The van der Waals surface area contributed by atoms with Crippen molar-refractivity contribution in [2.75, 3.05) is 5.75 Å². The van der Waals surface area contributed by atoms with E-state index < -0.39 is 0 Å². The summed E-state index contributed by atoms with van der Waals surface area (Å²) < 4.78 is 2.15. The highest BCUT2D eigenvalue weighted by atomic mass is 35.5. The number of hydrogen-bond acceptors (Lipinski definition) is 4. The molecule has 0 bridgehead atoms. The lowest BCUT2D eigenvalue weighted by molar-refractivity contribution is -0.119. The van der Waals surface area contributed by atoms with Crippen LogP contribution in [0.25, 0.3) is 11.4 Å². The van der Waals surface area contributed by atoms with Gasteiger partial charge < -0.3 is 9.88 Å². The second-order valence-electron chi connectivity index (χ2n) is 7.72. The quantitative estimate of drug-likeness (QED) is 0.383. The average Bonchev–Trinajstić information content (AvgIpc) is 3.14. The summed E-state index contributed by atoms with van der Waals surface area (Å²) in [6, 6.07) is 8.03. The zero-order valence-electron chi connectivity index (χ0n) is 17.2. The summed E-state index contributed by atoms with van der Waals surface area (Å²) in [4.78, 5) is 12.4. The van der Waals surface area contributed by atoms with Crippen molar-refractivity contribution in [3.05, 3.63) is 29.3 Å². The molecule has 0 saturated heterocycles. The topological polar surface area (TPSA) is 59.8 Å². The van der Waals surface area contributed by atoms with Gasteiger partial charge >= 0.3 is 0 Å². The Balaban J connectivity index is 1.66. The predicted molar refractivity (Wildman–Crippen MR) is 120 cm³/mol. The summed E-state index contributed by atoms with van der Waals surface area (Å²) in [5, 5.41) is 13.5. The molecule has 1 amide bonds. The zero-order chi connectivity index (χ0) is 20.5. The molecule has 0 unspecified atom stereocenters. The number of carbonyl (C=O) groups is 1. The fraction of sp³-hybridized carbons (Fsp3) is 0.591. The SMILES string of the molecule is CCCCCCn1c(SCC(=O)NC2CCCCC2)nnc1-c1ccc(Cl)cc1. The number of carbonyl (C=O) groups excluding carboxylic acids is 1. The molecule has 1 heterocycles. The first-order valence-corrected chi connectivity index (χ1v) is 12.1. The minimum absolute atomic E-state index is 0.0930. The summed E-state index contributed by atoms with van der Waals surface area (Å²) in [5.74, 6) is 1.31. The van der Waals surface area contributed by atoms with Crippen molar-refractivity contribution in [2.45, 2.75) is 82.5 Å². The summed E-state index contributed by atoms with van der Waals surface area (Å²) in [6.07, 6.45) is 10.6. The van der Waals surface area contributed by atoms with E-state index >= 15 is 0 Å². The van der Waals surface area contributed by atoms with E-state index in [2.05, 4.69) is 27.0 Å². The normalized spacial score (nSPS) is 14.8. The summed E-state index contributed by atoms with van der Waals surface area (Å²) in [7, 11) is 0. The van der Waals surface area contributed by atoms with E-state index in [4.69, 9.17) is 11.6 Å². The zero-order valence-corrected chi connectivity index (χ0v) is 18.8. The molecule has 1 aliphatic rings. The fourth-order valence-electron chi connectivity index (χ4n) is 3.75. The Bertz CT molecular complexity index is 772. The van der Waals surface area contributed by atoms with Crippen LogP contribution in [0.3, 0.4) is 0 Å². The highest BCUT2D eigenvalue weighted by Gasteiger charge is 2.18. The van der Waals surface area contributed by atoms with Gasteiger partial charge in [0.15, 0.2) is 11.0 Å². The molecule has 0 aliphatic heterocycles. The number of benzene rings is 1. The van der Waals surface area contributed by atoms with E-state index in [0.29, 0.717) is 16.8 Å². The van der Waals surface area contributed by atoms with Crippen LogP contribution in [0.1, 0.15) is 64.7 Å². The Kier molecular flexibility index (Phi) is 8.87. The second kappa shape index (κ2) is 11.6. The number of amides is 1. The molecular weight excluding hydrogens is 404 g/mol. The van der Waals surface area contributed by atoms with Gasteiger partial charge in [0.2, 0.25) is 5.91 Å². The Hall–Kier alpha value is -1.53. The minimum atomic E-state index is 0.0930. The summed E-state index contributed by atoms with van der Waals surface area (Å²) in [5.41, 5.74) is 0.996. The average molecular weight is 435 g/mol. The van der Waals surface area contributed by atoms with Crippen molar-refractivity contribution >= 4 is 29.3 Å². The molecule has 1 aliphatic carbocycles. The van der Waals surface area contributed by atoms with Crippen LogP contribution < -0.4 is 5.32 Å². The van der Waals surface area contributed by atoms with Crippen LogP contribution in [0, 0.1) is 0 Å². The van der Waals surface area contributed by atoms with Gasteiger partial charge in [0, 0.05) is 23.2 Å². The maximum absolute atomic E-state index is 12.4. The number of hydrogen-bond donors (Lipinski definition) is 1. The molecule has 29 heavy (non-hydrogen) atoms. The van der Waals surface area contributed by atoms with Crippen LogP contribution in [0.5, 0.6) is 0 Å². The molecular formula is C22H31ClN4OS. The second-order valence-corrected chi connectivity index (χ2v) is 9.10. The van der Waals surface area contributed by atoms with E-state index in [-0.39, 0.29) is 5.91 Å². The lowest BCUT2D eigenvalue weighted by Crippen LogP contribution is -2.37. The first-order valence-electron chi connectivity index (χ1n) is 10.8. The number of unbranched alkanes of at least 4 members (excludes halogenated alkanes) is 3. The van der Waals surface area contributed by atoms with Crippen molar-refractivity contribution in [1.82, 2.24) is 20.1 Å². The smallest absolute Gasteiger partial charge is 0.230 e. The Morgan fingerprint density at radius 1 is 1.14 bits per heavy atom. The number of thioether (sulfide) groups is 1. The number of halogens is 1. The predicted octanol–water partition coefficient (Wildman–Crippen LogP) is 5.72. The molecule has 0 atom stereocenters. The lowest BCUT2D eigenvalue weighted by atomic mass is 9.95. The van der Waals surface area contributed by atoms with Crippen LogP contribution in [-0.2, 0) is 11.3 Å². The summed E-state index contributed by atoms with van der Waals surface area (Å²) >= 11 is 7.51. The lowest BCUT2D eigenvalue weighted by Gasteiger charge is -2.22. The third-order valence-corrected chi connectivity index (χ3v) is 6.58. The van der Waals surface area contributed by atoms with Gasteiger partial charge in [0.1, 0.15) is 0 Å². The van der Waals surface area contributed by atoms with E-state index in [9.17, 15) is 4.79 Å². The maximum atomic E-state index is 12.4. The van der Waals surface area contributed by atoms with E-state index in [0.717, 1.165) is 42.4 Å². The largest absolute Gasteiger partial charge is 0.353 e. The van der Waals surface area contributed by atoms with Gasteiger partial charge in [-0.2, -0.15) is 0 Å². The van der Waals surface area contributed by atoms with Crippen LogP contribution in [0.15, 0.2) is 29.4 Å². The van der Waals surface area contributed by atoms with Crippen molar-refractivity contribution in [3.8, 4) is 11.4 Å². The number of nitrogens with zero attached hydrogens (tertiary/aromatic N) is 3. The first kappa shape index (κ1) is 22.2. The number of aromatic nitrogens is 3. The van der Waals surface area contributed by atoms with Gasteiger partial charge in [0.25, 0.3) is 0 Å². The molecule has 2 aromatic rings.